The van der Waals surface area contributed by atoms with Gasteiger partial charge in [0.25, 0.3) is 0 Å². The Morgan fingerprint density at radius 2 is 2.25 bits per heavy atom. The summed E-state index contributed by atoms with van der Waals surface area (Å²) < 4.78 is 11.6. The quantitative estimate of drug-likeness (QED) is 0.823. The first kappa shape index (κ1) is 19.0. The molecule has 3 rings (SSSR count). The number of benzene rings is 1. The van der Waals surface area contributed by atoms with Gasteiger partial charge in [-0.05, 0) is 50.8 Å². The number of nitrogens with one attached hydrogen (secondary N) is 2. The van der Waals surface area contributed by atoms with Crippen LogP contribution in [0.3, 0.4) is 0 Å². The fourth-order valence-corrected chi connectivity index (χ4v) is 3.11. The van der Waals surface area contributed by atoms with E-state index in [0.717, 1.165) is 55.7 Å². The van der Waals surface area contributed by atoms with Crippen molar-refractivity contribution in [2.24, 2.45) is 0 Å². The van der Waals surface area contributed by atoms with E-state index in [-0.39, 0.29) is 30.5 Å². The second kappa shape index (κ2) is 9.25. The van der Waals surface area contributed by atoms with E-state index in [2.05, 4.69) is 10.6 Å². The van der Waals surface area contributed by atoms with Gasteiger partial charge in [-0.3, -0.25) is 4.79 Å². The first-order chi connectivity index (χ1) is 11.2. The largest absolute Gasteiger partial charge is 0.491 e. The van der Waals surface area contributed by atoms with Gasteiger partial charge in [0.2, 0.25) is 5.91 Å². The van der Waals surface area contributed by atoms with Crippen molar-refractivity contribution in [3.8, 4) is 5.75 Å². The highest BCUT2D eigenvalue weighted by atomic mass is 35.5. The number of amides is 1. The lowest BCUT2D eigenvalue weighted by Crippen LogP contribution is -2.40. The Bertz CT molecular complexity index is 541. The molecule has 2 aliphatic heterocycles. The minimum Gasteiger partial charge on any atom is -0.491 e. The molecule has 0 aromatic heterocycles. The Morgan fingerprint density at radius 1 is 1.38 bits per heavy atom. The molecular formula is C18H27ClN2O3. The molecule has 2 aliphatic rings. The van der Waals surface area contributed by atoms with Crippen LogP contribution in [0, 0.1) is 6.92 Å². The van der Waals surface area contributed by atoms with Crippen molar-refractivity contribution in [3.63, 3.8) is 0 Å². The molecule has 2 unspecified atom stereocenters. The Balaban J connectivity index is 0.00000208. The Hall–Kier alpha value is -1.30. The molecule has 5 nitrogen and oxygen atoms in total. The SMILES string of the molecule is Cc1ccc(CNC(=O)C2CCCN2)c(OCC2CCCO2)c1.Cl. The van der Waals surface area contributed by atoms with Crippen LogP contribution >= 0.6 is 12.4 Å². The average molecular weight is 355 g/mol. The molecule has 134 valence electrons. The predicted molar refractivity (Wildman–Crippen MR) is 95.8 cm³/mol. The van der Waals surface area contributed by atoms with Gasteiger partial charge < -0.3 is 20.1 Å². The fourth-order valence-electron chi connectivity index (χ4n) is 3.11. The molecule has 1 amide bonds. The lowest BCUT2D eigenvalue weighted by Gasteiger charge is -2.17. The normalized spacial score (nSPS) is 22.9. The number of hydrogen-bond donors (Lipinski definition) is 2. The van der Waals surface area contributed by atoms with Gasteiger partial charge in [0.1, 0.15) is 12.4 Å². The summed E-state index contributed by atoms with van der Waals surface area (Å²) in [6.07, 6.45) is 4.35. The zero-order valence-electron chi connectivity index (χ0n) is 14.2. The van der Waals surface area contributed by atoms with E-state index in [1.807, 2.05) is 25.1 Å². The molecule has 6 heteroatoms. The maximum atomic E-state index is 12.1. The molecule has 1 aromatic rings. The van der Waals surface area contributed by atoms with Gasteiger partial charge in [-0.15, -0.1) is 12.4 Å². The minimum atomic E-state index is -0.0447. The molecule has 2 atom stereocenters. The third kappa shape index (κ3) is 5.10. The van der Waals surface area contributed by atoms with Crippen LogP contribution in [0.2, 0.25) is 0 Å². The Labute approximate surface area is 149 Å². The maximum Gasteiger partial charge on any atom is 0.237 e. The van der Waals surface area contributed by atoms with Crippen LogP contribution in [0.1, 0.15) is 36.8 Å². The van der Waals surface area contributed by atoms with E-state index in [4.69, 9.17) is 9.47 Å². The number of rotatable bonds is 6. The molecule has 2 heterocycles. The molecule has 0 saturated carbocycles. The van der Waals surface area contributed by atoms with Crippen LogP contribution in [-0.2, 0) is 16.1 Å². The molecular weight excluding hydrogens is 328 g/mol. The highest BCUT2D eigenvalue weighted by Gasteiger charge is 2.22. The van der Waals surface area contributed by atoms with Crippen LogP contribution < -0.4 is 15.4 Å². The fraction of sp³-hybridized carbons (Fsp3) is 0.611. The summed E-state index contributed by atoms with van der Waals surface area (Å²) in [7, 11) is 0. The second-order valence-corrected chi connectivity index (χ2v) is 6.42. The van der Waals surface area contributed by atoms with Gasteiger partial charge in [-0.2, -0.15) is 0 Å². The summed E-state index contributed by atoms with van der Waals surface area (Å²) in [4.78, 5) is 12.1. The second-order valence-electron chi connectivity index (χ2n) is 6.42. The van der Waals surface area contributed by atoms with Crippen LogP contribution in [-0.4, -0.2) is 37.8 Å². The topological polar surface area (TPSA) is 59.6 Å². The average Bonchev–Trinajstić information content (AvgIpc) is 3.25. The molecule has 0 aliphatic carbocycles. The minimum absolute atomic E-state index is 0. The number of carbonyl (C=O) groups is 1. The summed E-state index contributed by atoms with van der Waals surface area (Å²) >= 11 is 0. The van der Waals surface area contributed by atoms with Crippen molar-refractivity contribution in [2.75, 3.05) is 19.8 Å². The van der Waals surface area contributed by atoms with Crippen molar-refractivity contribution >= 4 is 18.3 Å². The lowest BCUT2D eigenvalue weighted by molar-refractivity contribution is -0.122. The molecule has 0 bridgehead atoms. The van der Waals surface area contributed by atoms with E-state index in [1.165, 1.54) is 0 Å². The summed E-state index contributed by atoms with van der Waals surface area (Å²) in [5.41, 5.74) is 2.17. The molecule has 24 heavy (non-hydrogen) atoms. The molecule has 2 fully saturated rings. The van der Waals surface area contributed by atoms with Crippen LogP contribution in [0.4, 0.5) is 0 Å². The van der Waals surface area contributed by atoms with E-state index in [1.54, 1.807) is 0 Å². The van der Waals surface area contributed by atoms with Crippen molar-refractivity contribution in [2.45, 2.75) is 51.3 Å². The van der Waals surface area contributed by atoms with Crippen molar-refractivity contribution in [1.29, 1.82) is 0 Å². The Kier molecular flexibility index (Phi) is 7.34. The number of ether oxygens (including phenoxy) is 2. The van der Waals surface area contributed by atoms with E-state index in [9.17, 15) is 4.79 Å². The number of carbonyl (C=O) groups excluding carboxylic acids is 1. The maximum absolute atomic E-state index is 12.1. The monoisotopic (exact) mass is 354 g/mol. The molecule has 0 radical (unpaired) electrons. The number of aryl methyl sites for hydroxylation is 1. The van der Waals surface area contributed by atoms with Crippen LogP contribution in [0.5, 0.6) is 5.75 Å². The first-order valence-corrected chi connectivity index (χ1v) is 8.57. The summed E-state index contributed by atoms with van der Waals surface area (Å²) in [5.74, 6) is 0.924. The van der Waals surface area contributed by atoms with Gasteiger partial charge in [0.15, 0.2) is 0 Å². The number of hydrogen-bond acceptors (Lipinski definition) is 4. The van der Waals surface area contributed by atoms with Crippen LogP contribution in [0.25, 0.3) is 0 Å². The van der Waals surface area contributed by atoms with Gasteiger partial charge in [-0.25, -0.2) is 0 Å². The smallest absolute Gasteiger partial charge is 0.237 e. The number of halogens is 1. The van der Waals surface area contributed by atoms with Gasteiger partial charge >= 0.3 is 0 Å². The lowest BCUT2D eigenvalue weighted by atomic mass is 10.1. The van der Waals surface area contributed by atoms with Crippen LogP contribution in [0.15, 0.2) is 18.2 Å². The summed E-state index contributed by atoms with van der Waals surface area (Å²) in [5, 5.41) is 6.23. The zero-order valence-corrected chi connectivity index (χ0v) is 15.0. The third-order valence-corrected chi connectivity index (χ3v) is 4.50. The van der Waals surface area contributed by atoms with Gasteiger partial charge in [-0.1, -0.05) is 12.1 Å². The van der Waals surface area contributed by atoms with Crippen molar-refractivity contribution in [3.05, 3.63) is 29.3 Å². The standard InChI is InChI=1S/C18H26N2O3.ClH/c1-13-6-7-14(11-20-18(21)16-5-2-8-19-16)17(10-13)23-12-15-4-3-9-22-15;/h6-7,10,15-16,19H,2-5,8-9,11-12H2,1H3,(H,20,21);1H. The van der Waals surface area contributed by atoms with Crippen molar-refractivity contribution < 1.29 is 14.3 Å². The highest BCUT2D eigenvalue weighted by Crippen LogP contribution is 2.22. The summed E-state index contributed by atoms with van der Waals surface area (Å²) in [6, 6.07) is 6.07. The van der Waals surface area contributed by atoms with E-state index in [0.29, 0.717) is 13.2 Å². The van der Waals surface area contributed by atoms with E-state index < -0.39 is 0 Å². The van der Waals surface area contributed by atoms with Gasteiger partial charge in [0.05, 0.1) is 12.1 Å². The summed E-state index contributed by atoms with van der Waals surface area (Å²) in [6.45, 7) is 4.88. The van der Waals surface area contributed by atoms with Gasteiger partial charge in [0, 0.05) is 18.7 Å². The molecule has 2 N–H and O–H groups in total. The first-order valence-electron chi connectivity index (χ1n) is 8.57. The predicted octanol–water partition coefficient (Wildman–Crippen LogP) is 2.34. The molecule has 0 spiro atoms. The van der Waals surface area contributed by atoms with E-state index >= 15 is 0 Å². The highest BCUT2D eigenvalue weighted by molar-refractivity contribution is 5.85. The third-order valence-electron chi connectivity index (χ3n) is 4.50. The molecule has 1 aromatic carbocycles. The Morgan fingerprint density at radius 3 is 2.96 bits per heavy atom. The van der Waals surface area contributed by atoms with Crippen molar-refractivity contribution in [1.82, 2.24) is 10.6 Å². The molecule has 2 saturated heterocycles. The zero-order chi connectivity index (χ0) is 16.1.